The molecule has 2 aromatic carbocycles. The van der Waals surface area contributed by atoms with Crippen molar-refractivity contribution in [2.45, 2.75) is 57.2 Å². The van der Waals surface area contributed by atoms with Crippen LogP contribution in [0.4, 0.5) is 24.9 Å². The molecule has 280 valence electrons. The molecule has 5 aliphatic rings. The standard InChI is InChI=1S/C39H45F3N8O3/c1-3-31(51)50-21-38(22-50)9-11-48(12-10-38)36-28-18-27(25-5-6-25)33(32-24(2)4-7-30-29(32)19-43-46-30)35(53-23-39(40,41)42)34(28)44-37(45-36)49-15-13-47(14-16-49)20-26-8-17-52-26/h3-4,7,18-19,25-26H,1,5-6,8-17,20-23H2,2H3,(H,43,46). The number of nitrogens with zero attached hydrogens (tertiary/aromatic N) is 7. The van der Waals surface area contributed by atoms with Gasteiger partial charge in [-0.1, -0.05) is 12.6 Å². The molecule has 1 saturated carbocycles. The summed E-state index contributed by atoms with van der Waals surface area (Å²) in [6, 6.07) is 6.06. The summed E-state index contributed by atoms with van der Waals surface area (Å²) in [6.45, 7) is 11.7. The molecule has 5 fully saturated rings. The van der Waals surface area contributed by atoms with Crippen LogP contribution in [-0.2, 0) is 9.53 Å². The Hall–Kier alpha value is -4.43. The van der Waals surface area contributed by atoms with Crippen molar-refractivity contribution < 1.29 is 27.4 Å². The second-order valence-corrected chi connectivity index (χ2v) is 15.6. The van der Waals surface area contributed by atoms with E-state index in [1.54, 1.807) is 6.20 Å². The quantitative estimate of drug-likeness (QED) is 0.214. The Bertz CT molecular complexity index is 2050. The van der Waals surface area contributed by atoms with Crippen LogP contribution in [-0.4, -0.2) is 120 Å². The first-order valence-corrected chi connectivity index (χ1v) is 18.8. The molecule has 4 aromatic rings. The molecule has 2 aromatic heterocycles. The number of piperazine rings is 1. The number of fused-ring (bicyclic) bond motifs is 2. The molecule has 4 aliphatic heterocycles. The van der Waals surface area contributed by atoms with Crippen molar-refractivity contribution in [1.29, 1.82) is 0 Å². The topological polar surface area (TPSA) is 103 Å². The third-order valence-electron chi connectivity index (χ3n) is 12.0. The van der Waals surface area contributed by atoms with Gasteiger partial charge in [0.2, 0.25) is 11.9 Å². The van der Waals surface area contributed by atoms with Crippen molar-refractivity contribution in [3.63, 3.8) is 0 Å². The number of nitrogens with one attached hydrogen (secondary N) is 1. The molecule has 4 saturated heterocycles. The molecule has 0 radical (unpaired) electrons. The first kappa shape index (κ1) is 34.3. The number of carbonyl (C=O) groups is 1. The molecule has 1 N–H and O–H groups in total. The lowest BCUT2D eigenvalue weighted by molar-refractivity contribution is -0.153. The number of alkyl halides is 3. The number of aromatic amines is 1. The maximum Gasteiger partial charge on any atom is 0.422 e. The first-order valence-electron chi connectivity index (χ1n) is 18.8. The molecule has 53 heavy (non-hydrogen) atoms. The fourth-order valence-corrected chi connectivity index (χ4v) is 8.74. The predicted molar refractivity (Wildman–Crippen MR) is 197 cm³/mol. The highest BCUT2D eigenvalue weighted by Crippen LogP contribution is 2.53. The van der Waals surface area contributed by atoms with Gasteiger partial charge in [-0.15, -0.1) is 0 Å². The van der Waals surface area contributed by atoms with Gasteiger partial charge in [-0.3, -0.25) is 14.8 Å². The number of piperidine rings is 1. The van der Waals surface area contributed by atoms with Gasteiger partial charge in [0, 0.05) is 87.3 Å². The number of halogens is 3. The number of anilines is 2. The minimum absolute atomic E-state index is 0.0408. The Morgan fingerprint density at radius 3 is 2.45 bits per heavy atom. The lowest BCUT2D eigenvalue weighted by Crippen LogP contribution is -2.61. The summed E-state index contributed by atoms with van der Waals surface area (Å²) in [5, 5.41) is 8.88. The lowest BCUT2D eigenvalue weighted by Gasteiger charge is -2.54. The number of ether oxygens (including phenoxy) is 2. The molecule has 9 rings (SSSR count). The van der Waals surface area contributed by atoms with Crippen LogP contribution in [0.5, 0.6) is 5.75 Å². The van der Waals surface area contributed by atoms with Crippen molar-refractivity contribution in [2.24, 2.45) is 5.41 Å². The van der Waals surface area contributed by atoms with Gasteiger partial charge >= 0.3 is 6.18 Å². The zero-order chi connectivity index (χ0) is 36.5. The summed E-state index contributed by atoms with van der Waals surface area (Å²) < 4.78 is 54.0. The highest BCUT2D eigenvalue weighted by atomic mass is 19.4. The van der Waals surface area contributed by atoms with Crippen molar-refractivity contribution >= 4 is 39.5 Å². The van der Waals surface area contributed by atoms with Crippen molar-refractivity contribution in [2.75, 3.05) is 81.9 Å². The summed E-state index contributed by atoms with van der Waals surface area (Å²) in [5.74, 6) is 1.51. The van der Waals surface area contributed by atoms with Crippen LogP contribution >= 0.6 is 0 Å². The Kier molecular flexibility index (Phi) is 8.52. The summed E-state index contributed by atoms with van der Waals surface area (Å²) in [7, 11) is 0. The smallest absolute Gasteiger partial charge is 0.422 e. The van der Waals surface area contributed by atoms with E-state index >= 15 is 0 Å². The van der Waals surface area contributed by atoms with E-state index in [0.29, 0.717) is 61.7 Å². The second-order valence-electron chi connectivity index (χ2n) is 15.6. The molecule has 1 unspecified atom stereocenters. The van der Waals surface area contributed by atoms with E-state index in [0.717, 1.165) is 91.8 Å². The first-order chi connectivity index (χ1) is 25.6. The molecule has 11 nitrogen and oxygen atoms in total. The molecule has 0 bridgehead atoms. The van der Waals surface area contributed by atoms with Crippen molar-refractivity contribution in [1.82, 2.24) is 30.0 Å². The highest BCUT2D eigenvalue weighted by Gasteiger charge is 2.47. The van der Waals surface area contributed by atoms with Crippen LogP contribution in [0.1, 0.15) is 49.1 Å². The Balaban J connectivity index is 1.17. The van der Waals surface area contributed by atoms with E-state index in [-0.39, 0.29) is 29.1 Å². The van der Waals surface area contributed by atoms with E-state index < -0.39 is 12.8 Å². The predicted octanol–water partition coefficient (Wildman–Crippen LogP) is 5.83. The number of hydrogen-bond donors (Lipinski definition) is 1. The van der Waals surface area contributed by atoms with Crippen LogP contribution in [0.3, 0.4) is 0 Å². The Morgan fingerprint density at radius 1 is 1.04 bits per heavy atom. The fraction of sp³-hybridized carbons (Fsp3) is 0.538. The number of rotatable bonds is 9. The van der Waals surface area contributed by atoms with Gasteiger partial charge in [0.1, 0.15) is 11.3 Å². The summed E-state index contributed by atoms with van der Waals surface area (Å²) >= 11 is 0. The number of carbonyl (C=O) groups excluding carboxylic acids is 1. The molecule has 1 aliphatic carbocycles. The van der Waals surface area contributed by atoms with Gasteiger partial charge in [0.05, 0.1) is 17.8 Å². The zero-order valence-electron chi connectivity index (χ0n) is 30.1. The molecule has 14 heteroatoms. The van der Waals surface area contributed by atoms with E-state index in [1.165, 1.54) is 6.08 Å². The highest BCUT2D eigenvalue weighted by molar-refractivity contribution is 6.06. The SMILES string of the molecule is C=CC(=O)N1CC2(CCN(c3nc(N4CCN(CC5CCO5)CC4)nc4c(OCC(F)(F)F)c(-c5c(C)ccc6[nH]ncc56)c(C5CC5)cc34)CC2)C1. The summed E-state index contributed by atoms with van der Waals surface area (Å²) in [6.07, 6.45) is 3.55. The van der Waals surface area contributed by atoms with E-state index in [4.69, 9.17) is 19.4 Å². The number of amides is 1. The number of likely N-dealkylation sites (tertiary alicyclic amines) is 1. The largest absolute Gasteiger partial charge is 0.481 e. The molecular formula is C39H45F3N8O3. The van der Waals surface area contributed by atoms with Crippen LogP contribution in [0.25, 0.3) is 32.9 Å². The Labute approximate surface area is 306 Å². The maximum atomic E-state index is 14.1. The number of hydrogen-bond acceptors (Lipinski definition) is 9. The Morgan fingerprint density at radius 2 is 1.79 bits per heavy atom. The molecule has 6 heterocycles. The summed E-state index contributed by atoms with van der Waals surface area (Å²) in [5.41, 5.74) is 4.60. The van der Waals surface area contributed by atoms with Gasteiger partial charge in [-0.2, -0.15) is 23.3 Å². The number of benzene rings is 2. The minimum atomic E-state index is -4.56. The number of aryl methyl sites for hydroxylation is 1. The minimum Gasteiger partial charge on any atom is -0.481 e. The molecular weight excluding hydrogens is 685 g/mol. The molecule has 1 amide bonds. The van der Waals surface area contributed by atoms with E-state index in [9.17, 15) is 18.0 Å². The second kappa shape index (κ2) is 13.2. The lowest BCUT2D eigenvalue weighted by atomic mass is 9.72. The third kappa shape index (κ3) is 6.47. The van der Waals surface area contributed by atoms with E-state index in [2.05, 4.69) is 37.5 Å². The van der Waals surface area contributed by atoms with Gasteiger partial charge in [0.25, 0.3) is 0 Å². The molecule has 1 spiro atoms. The van der Waals surface area contributed by atoms with Crippen molar-refractivity contribution in [3.8, 4) is 16.9 Å². The maximum absolute atomic E-state index is 14.1. The zero-order valence-corrected chi connectivity index (χ0v) is 30.1. The van der Waals surface area contributed by atoms with Gasteiger partial charge in [-0.05, 0) is 79.8 Å². The molecule has 1 atom stereocenters. The summed E-state index contributed by atoms with van der Waals surface area (Å²) in [4.78, 5) is 31.3. The van der Waals surface area contributed by atoms with E-state index in [1.807, 2.05) is 24.0 Å². The van der Waals surface area contributed by atoms with Crippen LogP contribution < -0.4 is 14.5 Å². The third-order valence-corrected chi connectivity index (χ3v) is 12.0. The number of H-pyrrole nitrogens is 1. The average Bonchev–Trinajstić information content (AvgIpc) is 3.86. The number of aromatic nitrogens is 4. The average molecular weight is 731 g/mol. The van der Waals surface area contributed by atoms with Gasteiger partial charge < -0.3 is 24.2 Å². The van der Waals surface area contributed by atoms with Crippen LogP contribution in [0.15, 0.2) is 37.1 Å². The van der Waals surface area contributed by atoms with Gasteiger partial charge in [0.15, 0.2) is 12.4 Å². The van der Waals surface area contributed by atoms with Crippen LogP contribution in [0, 0.1) is 12.3 Å². The van der Waals surface area contributed by atoms with Crippen molar-refractivity contribution in [3.05, 3.63) is 48.2 Å². The normalized spacial score (nSPS) is 22.0. The van der Waals surface area contributed by atoms with Crippen LogP contribution in [0.2, 0.25) is 0 Å². The fourth-order valence-electron chi connectivity index (χ4n) is 8.74. The van der Waals surface area contributed by atoms with Gasteiger partial charge in [-0.25, -0.2) is 4.98 Å². The monoisotopic (exact) mass is 730 g/mol.